The number of nitrogens with zero attached hydrogens (tertiary/aromatic N) is 1. The van der Waals surface area contributed by atoms with Crippen molar-refractivity contribution >= 4 is 11.5 Å². The number of carbonyl (C=O) groups is 1. The summed E-state index contributed by atoms with van der Waals surface area (Å²) in [5, 5.41) is 11.8. The summed E-state index contributed by atoms with van der Waals surface area (Å²) in [6.45, 7) is 8.58. The highest BCUT2D eigenvalue weighted by molar-refractivity contribution is 5.93. The molecular weight excluding hydrogens is 418 g/mol. The summed E-state index contributed by atoms with van der Waals surface area (Å²) >= 11 is 0. The van der Waals surface area contributed by atoms with Crippen molar-refractivity contribution in [2.45, 2.75) is 90.2 Å². The zero-order valence-corrected chi connectivity index (χ0v) is 21.4. The Morgan fingerprint density at radius 2 is 1.85 bits per heavy atom. The lowest BCUT2D eigenvalue weighted by Gasteiger charge is -2.53. The average Bonchev–Trinajstić information content (AvgIpc) is 3.08. The molecule has 0 spiro atoms. The maximum Gasteiger partial charge on any atom is 0.156 e. The summed E-state index contributed by atoms with van der Waals surface area (Å²) in [5.74, 6) is 7.77. The molecule has 2 fully saturated rings. The number of ketones is 1. The van der Waals surface area contributed by atoms with Crippen molar-refractivity contribution in [3.8, 4) is 11.8 Å². The van der Waals surface area contributed by atoms with Crippen LogP contribution in [-0.4, -0.2) is 29.6 Å². The number of benzene rings is 1. The van der Waals surface area contributed by atoms with Gasteiger partial charge in [-0.3, -0.25) is 4.79 Å². The number of rotatable bonds is 3. The highest BCUT2D eigenvalue weighted by Crippen LogP contribution is 2.66. The first kappa shape index (κ1) is 23.4. The van der Waals surface area contributed by atoms with Crippen LogP contribution in [0.2, 0.25) is 0 Å². The number of hydrogen-bond donors (Lipinski definition) is 1. The molecule has 0 aliphatic heterocycles. The fourth-order valence-corrected chi connectivity index (χ4v) is 7.62. The van der Waals surface area contributed by atoms with Gasteiger partial charge < -0.3 is 10.0 Å². The second-order valence-corrected chi connectivity index (χ2v) is 11.6. The molecule has 0 saturated heterocycles. The smallest absolute Gasteiger partial charge is 0.156 e. The van der Waals surface area contributed by atoms with Crippen LogP contribution in [0.1, 0.15) is 84.1 Å². The Kier molecular flexibility index (Phi) is 5.80. The molecule has 4 aliphatic rings. The second kappa shape index (κ2) is 8.42. The first-order chi connectivity index (χ1) is 16.2. The molecule has 1 N–H and O–H groups in total. The molecule has 1 aromatic rings. The van der Waals surface area contributed by atoms with Crippen LogP contribution in [0.5, 0.6) is 0 Å². The van der Waals surface area contributed by atoms with Gasteiger partial charge in [0.1, 0.15) is 5.60 Å². The SMILES string of the molecule is CC#C[C@@]1(O)CC[C@H]2[C@@H]3CCC4=CC(=O)CCC4=C3[C@@H](c3ccc(N(C)C(C)C)cc3)C[C@@]21C. The van der Waals surface area contributed by atoms with Gasteiger partial charge in [-0.05, 0) is 106 Å². The minimum Gasteiger partial charge on any atom is -0.377 e. The van der Waals surface area contributed by atoms with Gasteiger partial charge in [-0.15, -0.1) is 5.92 Å². The van der Waals surface area contributed by atoms with E-state index in [0.717, 1.165) is 38.5 Å². The summed E-state index contributed by atoms with van der Waals surface area (Å²) in [6, 6.07) is 9.56. The number of anilines is 1. The van der Waals surface area contributed by atoms with E-state index in [4.69, 9.17) is 0 Å². The third kappa shape index (κ3) is 3.49. The molecule has 0 heterocycles. The topological polar surface area (TPSA) is 40.5 Å². The molecule has 34 heavy (non-hydrogen) atoms. The summed E-state index contributed by atoms with van der Waals surface area (Å²) in [4.78, 5) is 14.5. The Balaban J connectivity index is 1.64. The monoisotopic (exact) mass is 457 g/mol. The maximum atomic E-state index is 12.2. The number of aliphatic hydroxyl groups is 1. The highest BCUT2D eigenvalue weighted by atomic mass is 16.3. The molecule has 0 aromatic heterocycles. The minimum atomic E-state index is -0.919. The Hall–Kier alpha value is -2.31. The molecule has 3 heteroatoms. The molecule has 1 aromatic carbocycles. The highest BCUT2D eigenvalue weighted by Gasteiger charge is 2.62. The lowest BCUT2D eigenvalue weighted by Crippen LogP contribution is -2.51. The van der Waals surface area contributed by atoms with E-state index in [1.807, 2.05) is 13.0 Å². The number of fused-ring (bicyclic) bond motifs is 4. The molecule has 3 nitrogen and oxygen atoms in total. The molecule has 180 valence electrons. The third-order valence-electron chi connectivity index (χ3n) is 9.70. The van der Waals surface area contributed by atoms with E-state index in [9.17, 15) is 9.90 Å². The van der Waals surface area contributed by atoms with Gasteiger partial charge in [0, 0.05) is 36.5 Å². The van der Waals surface area contributed by atoms with Crippen LogP contribution < -0.4 is 4.90 Å². The van der Waals surface area contributed by atoms with Crippen molar-refractivity contribution < 1.29 is 9.90 Å². The standard InChI is InChI=1S/C31H39NO2/c1-6-16-31(34)17-15-28-26-13-9-22-18-24(33)12-14-25(22)29(26)27(19-30(28,31)4)21-7-10-23(11-8-21)32(5)20(2)3/h7-8,10-11,18,20,26-28,34H,9,12-15,17,19H2,1-5H3/t26-,27+,28-,30-,31+/m0/s1. The first-order valence-corrected chi connectivity index (χ1v) is 13.1. The van der Waals surface area contributed by atoms with Crippen LogP contribution in [0, 0.1) is 29.1 Å². The van der Waals surface area contributed by atoms with Gasteiger partial charge in [-0.2, -0.15) is 0 Å². The zero-order valence-electron chi connectivity index (χ0n) is 21.4. The van der Waals surface area contributed by atoms with E-state index in [0.29, 0.717) is 24.3 Å². The van der Waals surface area contributed by atoms with Crippen molar-refractivity contribution in [3.05, 3.63) is 52.6 Å². The Morgan fingerprint density at radius 1 is 1.12 bits per heavy atom. The normalized spacial score (nSPS) is 34.6. The molecule has 0 radical (unpaired) electrons. The van der Waals surface area contributed by atoms with E-state index in [-0.39, 0.29) is 17.1 Å². The largest absolute Gasteiger partial charge is 0.377 e. The van der Waals surface area contributed by atoms with Crippen molar-refractivity contribution in [3.63, 3.8) is 0 Å². The van der Waals surface area contributed by atoms with Gasteiger partial charge in [-0.25, -0.2) is 0 Å². The van der Waals surface area contributed by atoms with Crippen LogP contribution >= 0.6 is 0 Å². The summed E-state index contributed by atoms with van der Waals surface area (Å²) in [7, 11) is 2.14. The lowest BCUT2D eigenvalue weighted by molar-refractivity contribution is -0.114. The van der Waals surface area contributed by atoms with Crippen molar-refractivity contribution in [1.29, 1.82) is 0 Å². The maximum absolute atomic E-state index is 12.2. The first-order valence-electron chi connectivity index (χ1n) is 13.1. The van der Waals surface area contributed by atoms with E-state index < -0.39 is 5.60 Å². The van der Waals surface area contributed by atoms with E-state index in [1.165, 1.54) is 22.4 Å². The molecule has 0 amide bonds. The predicted octanol–water partition coefficient (Wildman–Crippen LogP) is 6.19. The third-order valence-corrected chi connectivity index (χ3v) is 9.70. The van der Waals surface area contributed by atoms with Crippen molar-refractivity contribution in [2.75, 3.05) is 11.9 Å². The molecular formula is C31H39NO2. The van der Waals surface area contributed by atoms with E-state index >= 15 is 0 Å². The number of allylic oxidation sites excluding steroid dienone is 4. The van der Waals surface area contributed by atoms with Crippen molar-refractivity contribution in [2.24, 2.45) is 17.3 Å². The molecule has 0 unspecified atom stereocenters. The molecule has 4 aliphatic carbocycles. The molecule has 5 atom stereocenters. The van der Waals surface area contributed by atoms with Gasteiger partial charge in [0.2, 0.25) is 0 Å². The molecule has 0 bridgehead atoms. The summed E-state index contributed by atoms with van der Waals surface area (Å²) in [6.07, 6.45) is 8.23. The zero-order chi connectivity index (χ0) is 24.3. The van der Waals surface area contributed by atoms with Crippen LogP contribution in [-0.2, 0) is 4.79 Å². The lowest BCUT2D eigenvalue weighted by atomic mass is 9.51. The Labute approximate surface area is 205 Å². The summed E-state index contributed by atoms with van der Waals surface area (Å²) in [5.41, 5.74) is 5.74. The van der Waals surface area contributed by atoms with Gasteiger partial charge in [0.05, 0.1) is 0 Å². The van der Waals surface area contributed by atoms with Gasteiger partial charge in [0.15, 0.2) is 5.78 Å². The fourth-order valence-electron chi connectivity index (χ4n) is 7.62. The Bertz CT molecular complexity index is 1110. The Morgan fingerprint density at radius 3 is 2.53 bits per heavy atom. The molecule has 5 rings (SSSR count). The van der Waals surface area contributed by atoms with Gasteiger partial charge in [-0.1, -0.05) is 30.6 Å². The van der Waals surface area contributed by atoms with Crippen LogP contribution in [0.4, 0.5) is 5.69 Å². The minimum absolute atomic E-state index is 0.228. The quantitative estimate of drug-likeness (QED) is 0.551. The average molecular weight is 458 g/mol. The number of hydrogen-bond acceptors (Lipinski definition) is 3. The second-order valence-electron chi connectivity index (χ2n) is 11.6. The van der Waals surface area contributed by atoms with E-state index in [1.54, 1.807) is 5.57 Å². The van der Waals surface area contributed by atoms with Crippen molar-refractivity contribution in [1.82, 2.24) is 0 Å². The van der Waals surface area contributed by atoms with E-state index in [2.05, 4.69) is 68.8 Å². The van der Waals surface area contributed by atoms with Crippen LogP contribution in [0.3, 0.4) is 0 Å². The van der Waals surface area contributed by atoms with Gasteiger partial charge in [0.25, 0.3) is 0 Å². The van der Waals surface area contributed by atoms with Gasteiger partial charge >= 0.3 is 0 Å². The summed E-state index contributed by atoms with van der Waals surface area (Å²) < 4.78 is 0. The molecule has 2 saturated carbocycles. The number of carbonyl (C=O) groups excluding carboxylic acids is 1. The fraction of sp³-hybridized carbons (Fsp3) is 0.581. The predicted molar refractivity (Wildman–Crippen MR) is 139 cm³/mol. The van der Waals surface area contributed by atoms with Crippen LogP contribution in [0.15, 0.2) is 47.1 Å². The van der Waals surface area contributed by atoms with Crippen LogP contribution in [0.25, 0.3) is 0 Å².